The van der Waals surface area contributed by atoms with Gasteiger partial charge in [-0.1, -0.05) is 6.07 Å². The molecule has 0 bridgehead atoms. The molecule has 2 N–H and O–H groups in total. The molecule has 1 aromatic carbocycles. The van der Waals surface area contributed by atoms with E-state index in [-0.39, 0.29) is 5.69 Å². The molecule has 2 rings (SSSR count). The molecule has 0 aliphatic rings. The van der Waals surface area contributed by atoms with Gasteiger partial charge in [0, 0.05) is 11.4 Å². The zero-order valence-electron chi connectivity index (χ0n) is 10.9. The van der Waals surface area contributed by atoms with E-state index in [1.807, 2.05) is 29.3 Å². The van der Waals surface area contributed by atoms with Crippen molar-refractivity contribution in [3.63, 3.8) is 0 Å². The highest BCUT2D eigenvalue weighted by molar-refractivity contribution is 7.09. The first-order chi connectivity index (χ1) is 9.41. The number of hydrogen-bond acceptors (Lipinski definition) is 3. The molecular formula is C14H15F3N2S. The first kappa shape index (κ1) is 14.7. The largest absolute Gasteiger partial charge is 0.416 e. The van der Waals surface area contributed by atoms with E-state index in [9.17, 15) is 13.2 Å². The summed E-state index contributed by atoms with van der Waals surface area (Å²) in [7, 11) is 0. The van der Waals surface area contributed by atoms with Gasteiger partial charge in [-0.05, 0) is 36.6 Å². The molecule has 6 heteroatoms. The Morgan fingerprint density at radius 1 is 1.25 bits per heavy atom. The number of thiophene rings is 1. The molecule has 0 fully saturated rings. The maximum absolute atomic E-state index is 12.6. The zero-order chi connectivity index (χ0) is 14.8. The predicted molar refractivity (Wildman–Crippen MR) is 76.9 cm³/mol. The van der Waals surface area contributed by atoms with Gasteiger partial charge in [0.15, 0.2) is 0 Å². The topological polar surface area (TPSA) is 29.3 Å². The summed E-state index contributed by atoms with van der Waals surface area (Å²) in [5.41, 5.74) is 5.85. The van der Waals surface area contributed by atoms with E-state index in [1.165, 1.54) is 6.07 Å². The molecule has 108 valence electrons. The summed E-state index contributed by atoms with van der Waals surface area (Å²) < 4.78 is 37.9. The minimum absolute atomic E-state index is 0.151. The fourth-order valence-corrected chi connectivity index (χ4v) is 2.70. The number of alkyl halides is 3. The Morgan fingerprint density at radius 2 is 2.00 bits per heavy atom. The maximum atomic E-state index is 12.6. The lowest BCUT2D eigenvalue weighted by Gasteiger charge is -2.24. The summed E-state index contributed by atoms with van der Waals surface area (Å²) in [5.74, 6) is 0. The summed E-state index contributed by atoms with van der Waals surface area (Å²) >= 11 is 1.61. The molecule has 0 atom stereocenters. The standard InChI is InChI=1S/C14H15F3N2S/c1-2-19(9-11-4-3-7-20-11)13-6-5-10(8-12(13)18)14(15,16)17/h3-8H,2,9,18H2,1H3. The lowest BCUT2D eigenvalue weighted by Crippen LogP contribution is -2.22. The number of anilines is 2. The van der Waals surface area contributed by atoms with Crippen LogP contribution in [0, 0.1) is 0 Å². The van der Waals surface area contributed by atoms with Gasteiger partial charge in [0.2, 0.25) is 0 Å². The second-order valence-corrected chi connectivity index (χ2v) is 5.40. The molecular weight excluding hydrogens is 285 g/mol. The Balaban J connectivity index is 2.26. The van der Waals surface area contributed by atoms with Crippen LogP contribution in [-0.4, -0.2) is 6.54 Å². The van der Waals surface area contributed by atoms with Gasteiger partial charge < -0.3 is 10.6 Å². The van der Waals surface area contributed by atoms with E-state index in [0.29, 0.717) is 18.8 Å². The van der Waals surface area contributed by atoms with E-state index in [0.717, 1.165) is 17.0 Å². The molecule has 1 aromatic heterocycles. The third-order valence-electron chi connectivity index (χ3n) is 3.00. The lowest BCUT2D eigenvalue weighted by molar-refractivity contribution is -0.137. The van der Waals surface area contributed by atoms with Crippen molar-refractivity contribution in [3.05, 3.63) is 46.2 Å². The average Bonchev–Trinajstić information content (AvgIpc) is 2.88. The van der Waals surface area contributed by atoms with Gasteiger partial charge in [0.25, 0.3) is 0 Å². The summed E-state index contributed by atoms with van der Waals surface area (Å²) in [6.07, 6.45) is -4.36. The lowest BCUT2D eigenvalue weighted by atomic mass is 10.1. The Bertz CT molecular complexity index is 564. The molecule has 0 saturated carbocycles. The Kier molecular flexibility index (Phi) is 4.23. The minimum Gasteiger partial charge on any atom is -0.397 e. The van der Waals surface area contributed by atoms with Crippen LogP contribution in [-0.2, 0) is 12.7 Å². The highest BCUT2D eigenvalue weighted by Crippen LogP contribution is 2.34. The van der Waals surface area contributed by atoms with Crippen LogP contribution in [0.15, 0.2) is 35.7 Å². The normalized spacial score (nSPS) is 11.6. The van der Waals surface area contributed by atoms with Gasteiger partial charge in [-0.25, -0.2) is 0 Å². The second kappa shape index (κ2) is 5.75. The van der Waals surface area contributed by atoms with E-state index in [2.05, 4.69) is 0 Å². The number of halogens is 3. The Hall–Kier alpha value is -1.69. The second-order valence-electron chi connectivity index (χ2n) is 4.36. The fourth-order valence-electron chi connectivity index (χ4n) is 1.98. The van der Waals surface area contributed by atoms with E-state index >= 15 is 0 Å². The molecule has 2 aromatic rings. The molecule has 0 saturated heterocycles. The van der Waals surface area contributed by atoms with Crippen molar-refractivity contribution >= 4 is 22.7 Å². The van der Waals surface area contributed by atoms with Gasteiger partial charge in [-0.3, -0.25) is 0 Å². The number of benzene rings is 1. The monoisotopic (exact) mass is 300 g/mol. The van der Waals surface area contributed by atoms with Gasteiger partial charge >= 0.3 is 6.18 Å². The van der Waals surface area contributed by atoms with Crippen molar-refractivity contribution < 1.29 is 13.2 Å². The highest BCUT2D eigenvalue weighted by atomic mass is 32.1. The smallest absolute Gasteiger partial charge is 0.397 e. The van der Waals surface area contributed by atoms with Crippen molar-refractivity contribution in [2.75, 3.05) is 17.2 Å². The van der Waals surface area contributed by atoms with Crippen LogP contribution >= 0.6 is 11.3 Å². The van der Waals surface area contributed by atoms with Crippen LogP contribution in [0.1, 0.15) is 17.4 Å². The number of nitrogen functional groups attached to an aromatic ring is 1. The first-order valence-electron chi connectivity index (χ1n) is 6.16. The van der Waals surface area contributed by atoms with E-state index in [1.54, 1.807) is 11.3 Å². The molecule has 0 aliphatic carbocycles. The van der Waals surface area contributed by atoms with Gasteiger partial charge in [-0.2, -0.15) is 13.2 Å². The quantitative estimate of drug-likeness (QED) is 0.849. The fraction of sp³-hybridized carbons (Fsp3) is 0.286. The summed E-state index contributed by atoms with van der Waals surface area (Å²) in [6.45, 7) is 3.27. The molecule has 0 radical (unpaired) electrons. The van der Waals surface area contributed by atoms with Crippen LogP contribution in [0.5, 0.6) is 0 Å². The third kappa shape index (κ3) is 3.25. The molecule has 0 amide bonds. The van der Waals surface area contributed by atoms with Crippen molar-refractivity contribution in [3.8, 4) is 0 Å². The van der Waals surface area contributed by atoms with Crippen LogP contribution < -0.4 is 10.6 Å². The molecule has 20 heavy (non-hydrogen) atoms. The van der Waals surface area contributed by atoms with Gasteiger partial charge in [0.1, 0.15) is 0 Å². The van der Waals surface area contributed by atoms with Gasteiger partial charge in [0.05, 0.1) is 23.5 Å². The number of rotatable bonds is 4. The highest BCUT2D eigenvalue weighted by Gasteiger charge is 2.31. The Labute approximate surface area is 119 Å². The molecule has 0 unspecified atom stereocenters. The molecule has 2 nitrogen and oxygen atoms in total. The third-order valence-corrected chi connectivity index (χ3v) is 3.87. The Morgan fingerprint density at radius 3 is 2.50 bits per heavy atom. The van der Waals surface area contributed by atoms with Gasteiger partial charge in [-0.15, -0.1) is 11.3 Å². The molecule has 0 aliphatic heterocycles. The SMILES string of the molecule is CCN(Cc1cccs1)c1ccc(C(F)(F)F)cc1N. The maximum Gasteiger partial charge on any atom is 0.416 e. The van der Waals surface area contributed by atoms with Crippen LogP contribution in [0.2, 0.25) is 0 Å². The minimum atomic E-state index is -4.36. The van der Waals surface area contributed by atoms with Crippen LogP contribution in [0.3, 0.4) is 0 Å². The number of nitrogens with zero attached hydrogens (tertiary/aromatic N) is 1. The summed E-state index contributed by atoms with van der Waals surface area (Å²) in [4.78, 5) is 3.10. The first-order valence-corrected chi connectivity index (χ1v) is 7.04. The zero-order valence-corrected chi connectivity index (χ0v) is 11.8. The predicted octanol–water partition coefficient (Wildman–Crippen LogP) is 4.38. The van der Waals surface area contributed by atoms with Crippen molar-refractivity contribution in [1.82, 2.24) is 0 Å². The van der Waals surface area contributed by atoms with Crippen molar-refractivity contribution in [1.29, 1.82) is 0 Å². The van der Waals surface area contributed by atoms with Crippen molar-refractivity contribution in [2.24, 2.45) is 0 Å². The number of hydrogen-bond donors (Lipinski definition) is 1. The van der Waals surface area contributed by atoms with Crippen molar-refractivity contribution in [2.45, 2.75) is 19.6 Å². The summed E-state index contributed by atoms with van der Waals surface area (Å²) in [6, 6.07) is 7.45. The average molecular weight is 300 g/mol. The van der Waals surface area contributed by atoms with Crippen LogP contribution in [0.4, 0.5) is 24.5 Å². The summed E-state index contributed by atoms with van der Waals surface area (Å²) in [5, 5.41) is 1.97. The molecule has 1 heterocycles. The van der Waals surface area contributed by atoms with E-state index < -0.39 is 11.7 Å². The molecule has 0 spiro atoms. The van der Waals surface area contributed by atoms with Crippen LogP contribution in [0.25, 0.3) is 0 Å². The number of nitrogens with two attached hydrogens (primary N) is 1. The van der Waals surface area contributed by atoms with E-state index in [4.69, 9.17) is 5.73 Å².